The van der Waals surface area contributed by atoms with Crippen molar-refractivity contribution in [2.75, 3.05) is 11.3 Å². The molecule has 2 N–H and O–H groups in total. The number of aryl methyl sites for hydroxylation is 1. The fourth-order valence-corrected chi connectivity index (χ4v) is 3.69. The van der Waals surface area contributed by atoms with Gasteiger partial charge in [-0.15, -0.1) is 0 Å². The molecule has 0 bridgehead atoms. The van der Waals surface area contributed by atoms with Crippen LogP contribution in [-0.2, 0) is 16.6 Å². The first-order valence-corrected chi connectivity index (χ1v) is 10.4. The van der Waals surface area contributed by atoms with Crippen molar-refractivity contribution in [2.45, 2.75) is 17.9 Å². The quantitative estimate of drug-likeness (QED) is 0.549. The van der Waals surface area contributed by atoms with Crippen molar-refractivity contribution in [3.05, 3.63) is 77.8 Å². The van der Waals surface area contributed by atoms with Crippen LogP contribution in [0, 0.1) is 0 Å². The molecule has 3 rings (SSSR count). The Balaban J connectivity index is 1.55. The van der Waals surface area contributed by atoms with Gasteiger partial charge in [-0.05, 0) is 55.0 Å². The Morgan fingerprint density at radius 3 is 2.43 bits per heavy atom. The number of hydrogen-bond acceptors (Lipinski definition) is 4. The third-order valence-corrected chi connectivity index (χ3v) is 5.61. The van der Waals surface area contributed by atoms with Crippen LogP contribution >= 0.6 is 11.6 Å². The van der Waals surface area contributed by atoms with E-state index in [4.69, 9.17) is 11.6 Å². The summed E-state index contributed by atoms with van der Waals surface area (Å²) < 4.78 is 29.3. The predicted molar refractivity (Wildman–Crippen MR) is 108 cm³/mol. The van der Waals surface area contributed by atoms with Crippen molar-refractivity contribution in [1.82, 2.24) is 14.9 Å². The average molecular weight is 419 g/mol. The Morgan fingerprint density at radius 1 is 1.07 bits per heavy atom. The van der Waals surface area contributed by atoms with E-state index in [9.17, 15) is 13.2 Å². The van der Waals surface area contributed by atoms with Crippen LogP contribution in [0.15, 0.2) is 72.1 Å². The molecular weight excluding hydrogens is 400 g/mol. The lowest BCUT2D eigenvalue weighted by Crippen LogP contribution is -2.25. The number of rotatable bonds is 8. The fourth-order valence-electron chi connectivity index (χ4n) is 2.50. The lowest BCUT2D eigenvalue weighted by Gasteiger charge is -2.09. The Kier molecular flexibility index (Phi) is 6.33. The lowest BCUT2D eigenvalue weighted by atomic mass is 10.2. The minimum atomic E-state index is -3.75. The highest BCUT2D eigenvalue weighted by atomic mass is 35.5. The first-order chi connectivity index (χ1) is 13.4. The zero-order valence-electron chi connectivity index (χ0n) is 14.9. The maximum Gasteiger partial charge on any atom is 0.261 e. The highest BCUT2D eigenvalue weighted by molar-refractivity contribution is 7.92. The number of benzene rings is 2. The molecule has 1 aromatic heterocycles. The summed E-state index contributed by atoms with van der Waals surface area (Å²) >= 11 is 5.80. The van der Waals surface area contributed by atoms with Crippen LogP contribution in [0.3, 0.4) is 0 Å². The van der Waals surface area contributed by atoms with Gasteiger partial charge in [-0.2, -0.15) is 0 Å². The van der Waals surface area contributed by atoms with Crippen molar-refractivity contribution < 1.29 is 13.2 Å². The first-order valence-electron chi connectivity index (χ1n) is 8.56. The van der Waals surface area contributed by atoms with Crippen LogP contribution in [-0.4, -0.2) is 30.4 Å². The van der Waals surface area contributed by atoms with E-state index in [0.717, 1.165) is 13.0 Å². The summed E-state index contributed by atoms with van der Waals surface area (Å²) in [6, 6.07) is 12.1. The van der Waals surface area contributed by atoms with Gasteiger partial charge in [-0.25, -0.2) is 13.4 Å². The molecule has 1 heterocycles. The Labute approximate surface area is 168 Å². The number of carbonyl (C=O) groups is 1. The number of halogens is 1. The number of amides is 1. The van der Waals surface area contributed by atoms with Crippen LogP contribution in [0.25, 0.3) is 0 Å². The van der Waals surface area contributed by atoms with E-state index in [-0.39, 0.29) is 10.8 Å². The van der Waals surface area contributed by atoms with E-state index >= 15 is 0 Å². The topological polar surface area (TPSA) is 93.1 Å². The number of carbonyl (C=O) groups excluding carboxylic acids is 1. The maximum absolute atomic E-state index is 12.4. The van der Waals surface area contributed by atoms with Gasteiger partial charge < -0.3 is 9.88 Å². The SMILES string of the molecule is O=C(NCCCn1ccnc1)c1ccc(S(=O)(=O)Nc2ccc(Cl)cc2)cc1. The average Bonchev–Trinajstić information content (AvgIpc) is 3.20. The van der Waals surface area contributed by atoms with Gasteiger partial charge in [0.15, 0.2) is 0 Å². The molecule has 0 spiro atoms. The van der Waals surface area contributed by atoms with Gasteiger partial charge in [0, 0.05) is 41.8 Å². The zero-order valence-corrected chi connectivity index (χ0v) is 16.4. The lowest BCUT2D eigenvalue weighted by molar-refractivity contribution is 0.0952. The molecule has 3 aromatic rings. The number of nitrogens with one attached hydrogen (secondary N) is 2. The fraction of sp³-hybridized carbons (Fsp3) is 0.158. The molecule has 0 atom stereocenters. The van der Waals surface area contributed by atoms with Crippen LogP contribution in [0.5, 0.6) is 0 Å². The maximum atomic E-state index is 12.4. The van der Waals surface area contributed by atoms with E-state index in [1.54, 1.807) is 36.8 Å². The Hall–Kier alpha value is -2.84. The molecular formula is C19H19ClN4O3S. The van der Waals surface area contributed by atoms with Gasteiger partial charge in [0.05, 0.1) is 11.2 Å². The number of nitrogens with zero attached hydrogens (tertiary/aromatic N) is 2. The monoisotopic (exact) mass is 418 g/mol. The standard InChI is InChI=1S/C19H19ClN4O3S/c20-16-4-6-17(7-5-16)23-28(26,27)18-8-2-15(3-9-18)19(25)22-10-1-12-24-13-11-21-14-24/h2-9,11,13-14,23H,1,10,12H2,(H,22,25). The molecule has 0 fully saturated rings. The predicted octanol–water partition coefficient (Wildman–Crippen LogP) is 3.16. The Morgan fingerprint density at radius 2 is 1.79 bits per heavy atom. The van der Waals surface area contributed by atoms with Gasteiger partial charge >= 0.3 is 0 Å². The molecule has 0 saturated carbocycles. The second-order valence-corrected chi connectivity index (χ2v) is 8.17. The third-order valence-electron chi connectivity index (χ3n) is 3.96. The molecule has 0 unspecified atom stereocenters. The van der Waals surface area contributed by atoms with Gasteiger partial charge in [-0.1, -0.05) is 11.6 Å². The molecule has 0 saturated heterocycles. The number of sulfonamides is 1. The van der Waals surface area contributed by atoms with Gasteiger partial charge in [-0.3, -0.25) is 9.52 Å². The second-order valence-electron chi connectivity index (χ2n) is 6.05. The summed E-state index contributed by atoms with van der Waals surface area (Å²) in [6.07, 6.45) is 6.05. The van der Waals surface area contributed by atoms with E-state index in [0.29, 0.717) is 22.8 Å². The van der Waals surface area contributed by atoms with E-state index in [1.165, 1.54) is 24.3 Å². The minimum absolute atomic E-state index is 0.0686. The molecule has 0 aliphatic heterocycles. The summed E-state index contributed by atoms with van der Waals surface area (Å²) in [6.45, 7) is 1.27. The highest BCUT2D eigenvalue weighted by Crippen LogP contribution is 2.18. The third kappa shape index (κ3) is 5.34. The molecule has 7 nitrogen and oxygen atoms in total. The molecule has 146 valence electrons. The number of anilines is 1. The number of imidazole rings is 1. The zero-order chi connectivity index (χ0) is 20.0. The summed E-state index contributed by atoms with van der Waals surface area (Å²) in [4.78, 5) is 16.2. The van der Waals surface area contributed by atoms with Gasteiger partial charge in [0.2, 0.25) is 0 Å². The van der Waals surface area contributed by atoms with Crippen molar-refractivity contribution >= 4 is 33.2 Å². The van der Waals surface area contributed by atoms with Gasteiger partial charge in [0.1, 0.15) is 0 Å². The first kappa shape index (κ1) is 19.9. The molecule has 0 aliphatic carbocycles. The summed E-state index contributed by atoms with van der Waals surface area (Å²) in [7, 11) is -3.75. The van der Waals surface area contributed by atoms with Crippen molar-refractivity contribution in [2.24, 2.45) is 0 Å². The molecule has 2 aromatic carbocycles. The van der Waals surface area contributed by atoms with Crippen LogP contribution in [0.2, 0.25) is 5.02 Å². The number of aromatic nitrogens is 2. The van der Waals surface area contributed by atoms with Crippen molar-refractivity contribution in [3.8, 4) is 0 Å². The Bertz CT molecular complexity index is 1020. The summed E-state index contributed by atoms with van der Waals surface area (Å²) in [5.41, 5.74) is 0.803. The summed E-state index contributed by atoms with van der Waals surface area (Å²) in [5, 5.41) is 3.33. The minimum Gasteiger partial charge on any atom is -0.352 e. The van der Waals surface area contributed by atoms with E-state index in [2.05, 4.69) is 15.0 Å². The van der Waals surface area contributed by atoms with E-state index < -0.39 is 10.0 Å². The molecule has 0 aliphatic rings. The smallest absolute Gasteiger partial charge is 0.261 e. The highest BCUT2D eigenvalue weighted by Gasteiger charge is 2.15. The van der Waals surface area contributed by atoms with Crippen LogP contribution in [0.1, 0.15) is 16.8 Å². The summed E-state index contributed by atoms with van der Waals surface area (Å²) in [5.74, 6) is -0.250. The van der Waals surface area contributed by atoms with Crippen LogP contribution in [0.4, 0.5) is 5.69 Å². The molecule has 0 radical (unpaired) electrons. The molecule has 1 amide bonds. The van der Waals surface area contributed by atoms with E-state index in [1.807, 2.05) is 10.8 Å². The molecule has 28 heavy (non-hydrogen) atoms. The largest absolute Gasteiger partial charge is 0.352 e. The van der Waals surface area contributed by atoms with Crippen LogP contribution < -0.4 is 10.0 Å². The normalized spacial score (nSPS) is 11.2. The molecule has 9 heteroatoms. The van der Waals surface area contributed by atoms with Crippen molar-refractivity contribution in [3.63, 3.8) is 0 Å². The number of hydrogen-bond donors (Lipinski definition) is 2. The van der Waals surface area contributed by atoms with Crippen molar-refractivity contribution in [1.29, 1.82) is 0 Å². The van der Waals surface area contributed by atoms with Gasteiger partial charge in [0.25, 0.3) is 15.9 Å². The second kappa shape index (κ2) is 8.90.